The van der Waals surface area contributed by atoms with E-state index in [0.29, 0.717) is 0 Å². The fraction of sp³-hybridized carbons (Fsp3) is 0.200. The third-order valence-electron chi connectivity index (χ3n) is 3.22. The Morgan fingerprint density at radius 2 is 1.96 bits per heavy atom. The van der Waals surface area contributed by atoms with Gasteiger partial charge in [0.1, 0.15) is 12.4 Å². The van der Waals surface area contributed by atoms with Crippen LogP contribution in [0, 0.1) is 6.33 Å². The van der Waals surface area contributed by atoms with Gasteiger partial charge in [0.2, 0.25) is 6.33 Å². The molecule has 0 amide bonds. The predicted octanol–water partition coefficient (Wildman–Crippen LogP) is 3.86. The van der Waals surface area contributed by atoms with Crippen LogP contribution in [0.4, 0.5) is 22.0 Å². The number of fused-ring (bicyclic) bond motifs is 1. The van der Waals surface area contributed by atoms with Crippen molar-refractivity contribution in [1.29, 1.82) is 0 Å². The highest BCUT2D eigenvalue weighted by atomic mass is 19.4. The van der Waals surface area contributed by atoms with Crippen LogP contribution in [0.25, 0.3) is 16.8 Å². The Labute approximate surface area is 132 Å². The minimum atomic E-state index is -4.58. The Kier molecular flexibility index (Phi) is 4.08. The van der Waals surface area contributed by atoms with Gasteiger partial charge in [0.15, 0.2) is 5.65 Å². The molecule has 0 fully saturated rings. The van der Waals surface area contributed by atoms with Gasteiger partial charge in [0.25, 0.3) is 6.43 Å². The summed E-state index contributed by atoms with van der Waals surface area (Å²) < 4.78 is 70.0. The van der Waals surface area contributed by atoms with E-state index in [2.05, 4.69) is 16.4 Å². The Hall–Kier alpha value is -2.71. The van der Waals surface area contributed by atoms with Crippen LogP contribution in [-0.2, 0) is 6.18 Å². The van der Waals surface area contributed by atoms with E-state index < -0.39 is 24.8 Å². The number of alkyl halides is 5. The molecule has 24 heavy (non-hydrogen) atoms. The summed E-state index contributed by atoms with van der Waals surface area (Å²) in [5, 5.41) is 3.78. The van der Waals surface area contributed by atoms with Crippen molar-refractivity contribution in [2.24, 2.45) is 0 Å². The third-order valence-corrected chi connectivity index (χ3v) is 3.22. The number of ether oxygens (including phenoxy) is 1. The van der Waals surface area contributed by atoms with Gasteiger partial charge in [-0.2, -0.15) is 13.2 Å². The van der Waals surface area contributed by atoms with E-state index >= 15 is 0 Å². The first-order valence-electron chi connectivity index (χ1n) is 6.70. The van der Waals surface area contributed by atoms with Crippen LogP contribution >= 0.6 is 0 Å². The van der Waals surface area contributed by atoms with E-state index in [1.54, 1.807) is 6.07 Å². The summed E-state index contributed by atoms with van der Waals surface area (Å²) in [6.45, 7) is -0.930. The summed E-state index contributed by atoms with van der Waals surface area (Å²) >= 11 is 0. The molecule has 0 atom stereocenters. The molecule has 3 aromatic rings. The van der Waals surface area contributed by atoms with Crippen LogP contribution in [0.3, 0.4) is 0 Å². The fourth-order valence-electron chi connectivity index (χ4n) is 2.21. The third kappa shape index (κ3) is 3.15. The lowest BCUT2D eigenvalue weighted by molar-refractivity contribution is -0.137. The molecule has 0 aliphatic carbocycles. The van der Waals surface area contributed by atoms with Gasteiger partial charge in [-0.1, -0.05) is 0 Å². The maximum absolute atomic E-state index is 13.0. The Balaban J connectivity index is 2.17. The standard InChI is InChI=1S/C15H9F5N3O/c16-13(17)7-24-12-4-3-9(15(18,19)20)6-11(12)10-2-1-5-23-14(10)21-8-22-23/h1-6,13H,7H2. The molecule has 1 aromatic carbocycles. The normalized spacial score (nSPS) is 12.1. The number of hydrogen-bond acceptors (Lipinski definition) is 3. The van der Waals surface area contributed by atoms with Crippen molar-refractivity contribution in [3.8, 4) is 16.9 Å². The SMILES string of the molecule is FC(F)COc1ccc(C(F)(F)F)cc1-c1cccn2n[c]nc12. The Morgan fingerprint density at radius 3 is 2.67 bits per heavy atom. The van der Waals surface area contributed by atoms with Gasteiger partial charge < -0.3 is 4.74 Å². The lowest BCUT2D eigenvalue weighted by Gasteiger charge is -2.15. The average molecular weight is 342 g/mol. The van der Waals surface area contributed by atoms with Gasteiger partial charge in [-0.15, -0.1) is 5.10 Å². The molecule has 0 unspecified atom stereocenters. The molecule has 125 valence electrons. The van der Waals surface area contributed by atoms with Crippen LogP contribution in [0.1, 0.15) is 5.56 Å². The monoisotopic (exact) mass is 342 g/mol. The van der Waals surface area contributed by atoms with E-state index in [9.17, 15) is 22.0 Å². The largest absolute Gasteiger partial charge is 0.487 e. The molecule has 0 N–H and O–H groups in total. The maximum atomic E-state index is 13.0. The summed E-state index contributed by atoms with van der Waals surface area (Å²) in [6, 6.07) is 5.68. The van der Waals surface area contributed by atoms with Gasteiger partial charge in [0, 0.05) is 17.3 Å². The molecule has 0 aliphatic rings. The minimum absolute atomic E-state index is 0.00234. The van der Waals surface area contributed by atoms with Crippen molar-refractivity contribution in [3.05, 3.63) is 48.4 Å². The molecule has 4 nitrogen and oxygen atoms in total. The highest BCUT2D eigenvalue weighted by molar-refractivity contribution is 5.81. The number of halogens is 5. The molecule has 9 heteroatoms. The number of hydrogen-bond donors (Lipinski definition) is 0. The van der Waals surface area contributed by atoms with Gasteiger partial charge in [-0.25, -0.2) is 18.3 Å². The van der Waals surface area contributed by atoms with Crippen molar-refractivity contribution in [1.82, 2.24) is 14.6 Å². The van der Waals surface area contributed by atoms with Crippen LogP contribution < -0.4 is 4.74 Å². The van der Waals surface area contributed by atoms with E-state index in [0.717, 1.165) is 18.2 Å². The molecule has 2 heterocycles. The first-order valence-corrected chi connectivity index (χ1v) is 6.70. The summed E-state index contributed by atoms with van der Waals surface area (Å²) in [5.41, 5.74) is -0.426. The quantitative estimate of drug-likeness (QED) is 0.676. The number of aromatic nitrogens is 3. The lowest BCUT2D eigenvalue weighted by atomic mass is 10.0. The minimum Gasteiger partial charge on any atom is -0.487 e. The number of benzene rings is 1. The molecule has 0 spiro atoms. The summed E-state index contributed by atoms with van der Waals surface area (Å²) in [4.78, 5) is 3.87. The van der Waals surface area contributed by atoms with E-state index in [4.69, 9.17) is 4.74 Å². The number of rotatable bonds is 4. The molecular weight excluding hydrogens is 333 g/mol. The molecule has 1 radical (unpaired) electrons. The lowest BCUT2D eigenvalue weighted by Crippen LogP contribution is -2.09. The van der Waals surface area contributed by atoms with Crippen LogP contribution in [0.15, 0.2) is 36.5 Å². The Bertz CT molecular complexity index is 860. The molecular formula is C15H9F5N3O. The van der Waals surface area contributed by atoms with Gasteiger partial charge >= 0.3 is 6.18 Å². The molecule has 3 rings (SSSR count). The van der Waals surface area contributed by atoms with E-state index in [1.807, 2.05) is 0 Å². The number of nitrogens with zero attached hydrogens (tertiary/aromatic N) is 3. The van der Waals surface area contributed by atoms with Gasteiger partial charge in [0.05, 0.1) is 5.56 Å². The molecule has 0 saturated heterocycles. The molecule has 0 saturated carbocycles. The predicted molar refractivity (Wildman–Crippen MR) is 73.8 cm³/mol. The zero-order valence-corrected chi connectivity index (χ0v) is 11.9. The zero-order chi connectivity index (χ0) is 17.3. The summed E-state index contributed by atoms with van der Waals surface area (Å²) in [6.07, 6.45) is -3.46. The summed E-state index contributed by atoms with van der Waals surface area (Å²) in [5.74, 6) is -0.0978. The average Bonchev–Trinajstić information content (AvgIpc) is 3.00. The maximum Gasteiger partial charge on any atom is 0.416 e. The first kappa shape index (κ1) is 16.2. The van der Waals surface area contributed by atoms with Crippen molar-refractivity contribution in [2.45, 2.75) is 12.6 Å². The van der Waals surface area contributed by atoms with Gasteiger partial charge in [-0.3, -0.25) is 0 Å². The van der Waals surface area contributed by atoms with Gasteiger partial charge in [-0.05, 0) is 30.3 Å². The Morgan fingerprint density at radius 1 is 1.17 bits per heavy atom. The zero-order valence-electron chi connectivity index (χ0n) is 11.9. The first-order chi connectivity index (χ1) is 11.4. The highest BCUT2D eigenvalue weighted by Crippen LogP contribution is 2.38. The fourth-order valence-corrected chi connectivity index (χ4v) is 2.21. The second kappa shape index (κ2) is 6.06. The molecule has 0 bridgehead atoms. The van der Waals surface area contributed by atoms with Crippen molar-refractivity contribution >= 4 is 5.65 Å². The van der Waals surface area contributed by atoms with Crippen molar-refractivity contribution < 1.29 is 26.7 Å². The second-order valence-corrected chi connectivity index (χ2v) is 4.81. The van der Waals surface area contributed by atoms with Crippen LogP contribution in [0.2, 0.25) is 0 Å². The summed E-state index contributed by atoms with van der Waals surface area (Å²) in [7, 11) is 0. The number of pyridine rings is 1. The highest BCUT2D eigenvalue weighted by Gasteiger charge is 2.31. The van der Waals surface area contributed by atoms with Crippen LogP contribution in [-0.4, -0.2) is 27.6 Å². The second-order valence-electron chi connectivity index (χ2n) is 4.81. The van der Waals surface area contributed by atoms with Crippen molar-refractivity contribution in [3.63, 3.8) is 0 Å². The van der Waals surface area contributed by atoms with Crippen molar-refractivity contribution in [2.75, 3.05) is 6.61 Å². The van der Waals surface area contributed by atoms with E-state index in [-0.39, 0.29) is 22.5 Å². The van der Waals surface area contributed by atoms with Crippen LogP contribution in [0.5, 0.6) is 5.75 Å². The smallest absolute Gasteiger partial charge is 0.416 e. The molecule has 2 aromatic heterocycles. The van der Waals surface area contributed by atoms with E-state index in [1.165, 1.54) is 16.8 Å². The molecule has 0 aliphatic heterocycles. The topological polar surface area (TPSA) is 39.4 Å².